The number of furan rings is 1. The van der Waals surface area contributed by atoms with E-state index >= 15 is 0 Å². The molecule has 2 saturated heterocycles. The van der Waals surface area contributed by atoms with E-state index in [4.69, 9.17) is 28.5 Å². The molecule has 0 radical (unpaired) electrons. The molecule has 3 aliphatic rings. The number of carboxylic acid groups (broad SMARTS) is 1. The summed E-state index contributed by atoms with van der Waals surface area (Å²) in [4.78, 5) is 11.4. The van der Waals surface area contributed by atoms with Crippen LogP contribution in [0.5, 0.6) is 0 Å². The number of carboxylic acids is 1. The van der Waals surface area contributed by atoms with Crippen LogP contribution in [0.25, 0.3) is 0 Å². The van der Waals surface area contributed by atoms with E-state index in [1.54, 1.807) is 6.26 Å². The highest BCUT2D eigenvalue weighted by atomic mass is 19.4. The summed E-state index contributed by atoms with van der Waals surface area (Å²) in [5.74, 6) is -2.10. The summed E-state index contributed by atoms with van der Waals surface area (Å²) in [6.45, 7) is 5.39. The highest BCUT2D eigenvalue weighted by molar-refractivity contribution is 5.73. The number of ether oxygens (including phenoxy) is 3. The average Bonchev–Trinajstić information content (AvgIpc) is 3.37. The fourth-order valence-corrected chi connectivity index (χ4v) is 4.16. The molecule has 1 aromatic rings. The van der Waals surface area contributed by atoms with Crippen LogP contribution in [0.2, 0.25) is 0 Å². The van der Waals surface area contributed by atoms with E-state index in [0.717, 1.165) is 58.8 Å². The van der Waals surface area contributed by atoms with E-state index in [0.29, 0.717) is 12.0 Å². The number of aliphatic carboxylic acids is 1. The summed E-state index contributed by atoms with van der Waals surface area (Å²) in [6, 6.07) is 2.54. The zero-order chi connectivity index (χ0) is 21.6. The van der Waals surface area contributed by atoms with Gasteiger partial charge in [-0.1, -0.05) is 0 Å². The molecule has 0 bridgehead atoms. The van der Waals surface area contributed by atoms with E-state index in [2.05, 4.69) is 11.0 Å². The first-order valence-corrected chi connectivity index (χ1v) is 10.2. The SMILES string of the molecule is O=C(O)C(F)(F)F.c1cc(CN2CCO[C@H]3[C@H](OCC4CCOCC4)CC[C@@H]32)co1. The Hall–Kier alpha value is -1.62. The lowest BCUT2D eigenvalue weighted by Crippen LogP contribution is -2.51. The van der Waals surface area contributed by atoms with Crippen LogP contribution >= 0.6 is 0 Å². The van der Waals surface area contributed by atoms with Crippen LogP contribution in [0.15, 0.2) is 23.0 Å². The minimum Gasteiger partial charge on any atom is -0.475 e. The van der Waals surface area contributed by atoms with Gasteiger partial charge in [-0.15, -0.1) is 0 Å². The maximum absolute atomic E-state index is 10.6. The fourth-order valence-electron chi connectivity index (χ4n) is 4.16. The molecule has 7 nitrogen and oxygen atoms in total. The Bertz CT molecular complexity index is 647. The molecular formula is C20H28F3NO6. The van der Waals surface area contributed by atoms with Crippen molar-refractivity contribution < 1.29 is 41.7 Å². The predicted octanol–water partition coefficient (Wildman–Crippen LogP) is 3.09. The van der Waals surface area contributed by atoms with Gasteiger partial charge < -0.3 is 23.7 Å². The fraction of sp³-hybridized carbons (Fsp3) is 0.750. The number of alkyl halides is 3. The summed E-state index contributed by atoms with van der Waals surface area (Å²) in [5, 5.41) is 7.12. The summed E-state index contributed by atoms with van der Waals surface area (Å²) in [6.07, 6.45) is 3.55. The second-order valence-electron chi connectivity index (χ2n) is 7.81. The molecule has 2 aliphatic heterocycles. The summed E-state index contributed by atoms with van der Waals surface area (Å²) >= 11 is 0. The maximum atomic E-state index is 10.6. The third kappa shape index (κ3) is 6.44. The van der Waals surface area contributed by atoms with Gasteiger partial charge in [0.15, 0.2) is 0 Å². The highest BCUT2D eigenvalue weighted by Gasteiger charge is 2.43. The van der Waals surface area contributed by atoms with Crippen molar-refractivity contribution in [3.8, 4) is 0 Å². The average molecular weight is 435 g/mol. The van der Waals surface area contributed by atoms with Crippen molar-refractivity contribution in [2.75, 3.05) is 33.0 Å². The first-order chi connectivity index (χ1) is 14.3. The van der Waals surface area contributed by atoms with Crippen LogP contribution in [-0.2, 0) is 25.5 Å². The smallest absolute Gasteiger partial charge is 0.475 e. The van der Waals surface area contributed by atoms with E-state index < -0.39 is 12.1 Å². The Labute approximate surface area is 173 Å². The molecule has 1 N–H and O–H groups in total. The third-order valence-corrected chi connectivity index (χ3v) is 5.75. The number of hydrogen-bond acceptors (Lipinski definition) is 6. The van der Waals surface area contributed by atoms with Gasteiger partial charge in [0.1, 0.15) is 0 Å². The number of fused-ring (bicyclic) bond motifs is 1. The monoisotopic (exact) mass is 435 g/mol. The van der Waals surface area contributed by atoms with Crippen LogP contribution in [-0.4, -0.2) is 73.4 Å². The van der Waals surface area contributed by atoms with Crippen LogP contribution in [0, 0.1) is 5.92 Å². The quantitative estimate of drug-likeness (QED) is 0.761. The largest absolute Gasteiger partial charge is 0.490 e. The third-order valence-electron chi connectivity index (χ3n) is 5.75. The standard InChI is InChI=1S/C18H27NO4.C2HF3O2/c1-2-17(23-13-14-3-7-20-8-4-14)18-16(1)19(6-10-22-18)11-15-5-9-21-12-15;3-2(4,5)1(6)7/h5,9,12,14,16-18H,1-4,6-8,10-11,13H2;(H,6,7)/t16-,17+,18+;/m0./s1. The molecule has 0 amide bonds. The molecule has 3 fully saturated rings. The van der Waals surface area contributed by atoms with Gasteiger partial charge in [-0.3, -0.25) is 4.90 Å². The van der Waals surface area contributed by atoms with Crippen molar-refractivity contribution in [3.05, 3.63) is 24.2 Å². The molecule has 0 unspecified atom stereocenters. The lowest BCUT2D eigenvalue weighted by atomic mass is 10.0. The van der Waals surface area contributed by atoms with Crippen LogP contribution in [0.4, 0.5) is 13.2 Å². The van der Waals surface area contributed by atoms with Crippen molar-refractivity contribution >= 4 is 5.97 Å². The van der Waals surface area contributed by atoms with E-state index in [1.165, 1.54) is 12.0 Å². The Morgan fingerprint density at radius 3 is 2.57 bits per heavy atom. The first-order valence-electron chi connectivity index (χ1n) is 10.2. The molecular weight excluding hydrogens is 407 g/mol. The van der Waals surface area contributed by atoms with Gasteiger partial charge in [-0.25, -0.2) is 4.79 Å². The molecule has 0 spiro atoms. The molecule has 3 heterocycles. The van der Waals surface area contributed by atoms with Gasteiger partial charge >= 0.3 is 12.1 Å². The lowest BCUT2D eigenvalue weighted by Gasteiger charge is -2.39. The molecule has 30 heavy (non-hydrogen) atoms. The van der Waals surface area contributed by atoms with E-state index in [1.807, 2.05) is 6.26 Å². The van der Waals surface area contributed by atoms with Crippen LogP contribution < -0.4 is 0 Å². The second kappa shape index (κ2) is 10.6. The van der Waals surface area contributed by atoms with E-state index in [9.17, 15) is 13.2 Å². The number of morpholine rings is 1. The lowest BCUT2D eigenvalue weighted by molar-refractivity contribution is -0.192. The number of nitrogens with zero attached hydrogens (tertiary/aromatic N) is 1. The van der Waals surface area contributed by atoms with Gasteiger partial charge in [-0.05, 0) is 37.7 Å². The van der Waals surface area contributed by atoms with Gasteiger partial charge in [0.05, 0.1) is 37.9 Å². The first kappa shape index (κ1) is 23.1. The minimum absolute atomic E-state index is 0.232. The zero-order valence-electron chi connectivity index (χ0n) is 16.7. The normalized spacial score (nSPS) is 27.9. The van der Waals surface area contributed by atoms with Gasteiger partial charge in [0.25, 0.3) is 0 Å². The van der Waals surface area contributed by atoms with Gasteiger partial charge in [-0.2, -0.15) is 13.2 Å². The molecule has 4 rings (SSSR count). The van der Waals surface area contributed by atoms with Crippen molar-refractivity contribution in [2.24, 2.45) is 5.92 Å². The zero-order valence-corrected chi connectivity index (χ0v) is 16.7. The maximum Gasteiger partial charge on any atom is 0.490 e. The second-order valence-corrected chi connectivity index (χ2v) is 7.81. The number of hydrogen-bond donors (Lipinski definition) is 1. The molecule has 1 saturated carbocycles. The van der Waals surface area contributed by atoms with Gasteiger partial charge in [0.2, 0.25) is 0 Å². The number of carbonyl (C=O) groups is 1. The minimum atomic E-state index is -5.08. The summed E-state index contributed by atoms with van der Waals surface area (Å²) in [7, 11) is 0. The van der Waals surface area contributed by atoms with Crippen molar-refractivity contribution in [1.29, 1.82) is 0 Å². The predicted molar refractivity (Wildman–Crippen MR) is 98.9 cm³/mol. The Kier molecular flexibility index (Phi) is 8.15. The Balaban J connectivity index is 0.000000318. The molecule has 1 aliphatic carbocycles. The molecule has 10 heteroatoms. The van der Waals surface area contributed by atoms with Crippen LogP contribution in [0.3, 0.4) is 0 Å². The van der Waals surface area contributed by atoms with Gasteiger partial charge in [0, 0.05) is 37.9 Å². The van der Waals surface area contributed by atoms with Crippen LogP contribution in [0.1, 0.15) is 31.2 Å². The highest BCUT2D eigenvalue weighted by Crippen LogP contribution is 2.33. The molecule has 170 valence electrons. The molecule has 1 aromatic heterocycles. The topological polar surface area (TPSA) is 81.4 Å². The van der Waals surface area contributed by atoms with Crippen molar-refractivity contribution in [1.82, 2.24) is 4.90 Å². The number of rotatable bonds is 5. The van der Waals surface area contributed by atoms with E-state index in [-0.39, 0.29) is 12.2 Å². The Morgan fingerprint density at radius 1 is 1.20 bits per heavy atom. The summed E-state index contributed by atoms with van der Waals surface area (Å²) < 4.78 is 54.7. The van der Waals surface area contributed by atoms with Crippen molar-refractivity contribution in [3.63, 3.8) is 0 Å². The number of halogens is 3. The Morgan fingerprint density at radius 2 is 1.93 bits per heavy atom. The molecule has 0 aromatic carbocycles. The molecule has 3 atom stereocenters. The summed E-state index contributed by atoms with van der Waals surface area (Å²) in [5.41, 5.74) is 1.25. The van der Waals surface area contributed by atoms with Crippen molar-refractivity contribution in [2.45, 2.75) is 56.7 Å².